The van der Waals surface area contributed by atoms with E-state index in [2.05, 4.69) is 0 Å². The quantitative estimate of drug-likeness (QED) is 0.568. The Morgan fingerprint density at radius 2 is 2.07 bits per heavy atom. The van der Waals surface area contributed by atoms with Gasteiger partial charge in [-0.15, -0.1) is 3.89 Å². The fourth-order valence-electron chi connectivity index (χ4n) is 1.06. The Morgan fingerprint density at radius 3 is 2.57 bits per heavy atom. The molecule has 0 atom stereocenters. The van der Waals surface area contributed by atoms with Crippen LogP contribution in [0.15, 0.2) is 24.3 Å². The first-order chi connectivity index (χ1) is 6.38. The molecule has 1 aromatic rings. The number of carbonyl (C=O) groups is 1. The SMILES string of the molecule is Cc1cccc(C(=O)CS(=O)(=O)F)c1. The van der Waals surface area contributed by atoms with E-state index in [1.807, 2.05) is 0 Å². The molecule has 5 heteroatoms. The zero-order valence-electron chi connectivity index (χ0n) is 7.53. The van der Waals surface area contributed by atoms with Gasteiger partial charge in [-0.1, -0.05) is 23.8 Å². The van der Waals surface area contributed by atoms with Gasteiger partial charge in [0.2, 0.25) is 0 Å². The van der Waals surface area contributed by atoms with Crippen LogP contribution in [0.3, 0.4) is 0 Å². The summed E-state index contributed by atoms with van der Waals surface area (Å²) in [5, 5.41) is 0. The van der Waals surface area contributed by atoms with Crippen molar-refractivity contribution in [1.29, 1.82) is 0 Å². The lowest BCUT2D eigenvalue weighted by Gasteiger charge is -1.98. The van der Waals surface area contributed by atoms with E-state index in [0.29, 0.717) is 0 Å². The molecule has 1 aromatic carbocycles. The average molecular weight is 216 g/mol. The van der Waals surface area contributed by atoms with Crippen LogP contribution in [0.5, 0.6) is 0 Å². The third-order valence-electron chi connectivity index (χ3n) is 1.64. The third-order valence-corrected chi connectivity index (χ3v) is 2.25. The van der Waals surface area contributed by atoms with E-state index in [4.69, 9.17) is 0 Å². The van der Waals surface area contributed by atoms with Crippen molar-refractivity contribution in [3.8, 4) is 0 Å². The Hall–Kier alpha value is -1.23. The third kappa shape index (κ3) is 3.26. The van der Waals surface area contributed by atoms with Gasteiger partial charge in [0.1, 0.15) is 5.75 Å². The molecule has 0 spiro atoms. The van der Waals surface area contributed by atoms with Crippen LogP contribution in [0.25, 0.3) is 0 Å². The molecular weight excluding hydrogens is 207 g/mol. The summed E-state index contributed by atoms with van der Waals surface area (Å²) in [6, 6.07) is 6.36. The standard InChI is InChI=1S/C9H9FO3S/c1-7-3-2-4-8(5-7)9(11)6-14(10,12)13/h2-5H,6H2,1H3. The molecule has 0 saturated heterocycles. The molecule has 0 radical (unpaired) electrons. The molecule has 0 aromatic heterocycles. The second-order valence-electron chi connectivity index (χ2n) is 2.98. The van der Waals surface area contributed by atoms with Gasteiger partial charge in [0.25, 0.3) is 0 Å². The first-order valence-electron chi connectivity index (χ1n) is 3.91. The molecule has 0 aliphatic carbocycles. The highest BCUT2D eigenvalue weighted by atomic mass is 32.3. The Morgan fingerprint density at radius 1 is 1.43 bits per heavy atom. The second kappa shape index (κ2) is 3.88. The first kappa shape index (κ1) is 10.8. The van der Waals surface area contributed by atoms with E-state index in [1.165, 1.54) is 12.1 Å². The molecule has 0 heterocycles. The van der Waals surface area contributed by atoms with E-state index in [-0.39, 0.29) is 5.56 Å². The molecule has 14 heavy (non-hydrogen) atoms. The second-order valence-corrected chi connectivity index (χ2v) is 4.34. The van der Waals surface area contributed by atoms with Crippen molar-refractivity contribution < 1.29 is 17.1 Å². The monoisotopic (exact) mass is 216 g/mol. The molecule has 0 amide bonds. The number of Topliss-reactive ketones (excluding diaryl/α,β-unsaturated/α-hetero) is 1. The van der Waals surface area contributed by atoms with Crippen LogP contribution in [0.2, 0.25) is 0 Å². The number of hydrogen-bond acceptors (Lipinski definition) is 3. The molecule has 0 fully saturated rings. The summed E-state index contributed by atoms with van der Waals surface area (Å²) in [5.41, 5.74) is 1.04. The average Bonchev–Trinajstić information content (AvgIpc) is 2.01. The number of carbonyl (C=O) groups excluding carboxylic acids is 1. The minimum absolute atomic E-state index is 0.214. The molecule has 0 bridgehead atoms. The summed E-state index contributed by atoms with van der Waals surface area (Å²) in [6.45, 7) is 1.76. The van der Waals surface area contributed by atoms with Crippen LogP contribution in [0, 0.1) is 6.92 Å². The van der Waals surface area contributed by atoms with Crippen LogP contribution in [0.4, 0.5) is 3.89 Å². The minimum Gasteiger partial charge on any atom is -0.293 e. The molecule has 0 unspecified atom stereocenters. The van der Waals surface area contributed by atoms with Gasteiger partial charge in [0.15, 0.2) is 5.78 Å². The number of hydrogen-bond donors (Lipinski definition) is 0. The predicted octanol–water partition coefficient (Wildman–Crippen LogP) is 1.48. The number of benzene rings is 1. The largest absolute Gasteiger partial charge is 0.309 e. The molecule has 76 valence electrons. The lowest BCUT2D eigenvalue weighted by Crippen LogP contribution is -2.11. The lowest BCUT2D eigenvalue weighted by molar-refractivity contribution is 0.102. The molecule has 0 aliphatic heterocycles. The number of halogens is 1. The minimum atomic E-state index is -4.73. The summed E-state index contributed by atoms with van der Waals surface area (Å²) in [5.74, 6) is -1.81. The summed E-state index contributed by atoms with van der Waals surface area (Å²) in [4.78, 5) is 11.2. The van der Waals surface area contributed by atoms with Gasteiger partial charge in [-0.2, -0.15) is 8.42 Å². The van der Waals surface area contributed by atoms with E-state index in [9.17, 15) is 17.1 Å². The predicted molar refractivity (Wildman–Crippen MR) is 50.4 cm³/mol. The summed E-state index contributed by atoms with van der Waals surface area (Å²) in [7, 11) is -4.73. The Labute approximate surface area is 81.8 Å². The van der Waals surface area contributed by atoms with Crippen molar-refractivity contribution in [3.63, 3.8) is 0 Å². The Bertz CT molecular complexity index is 451. The molecule has 0 aliphatic rings. The summed E-state index contributed by atoms with van der Waals surface area (Å²) in [6.07, 6.45) is 0. The maximum atomic E-state index is 12.2. The maximum Gasteiger partial charge on any atom is 0.309 e. The van der Waals surface area contributed by atoms with Crippen LogP contribution in [0.1, 0.15) is 15.9 Å². The normalized spacial score (nSPS) is 11.3. The van der Waals surface area contributed by atoms with Crippen LogP contribution >= 0.6 is 0 Å². The van der Waals surface area contributed by atoms with Gasteiger partial charge in [0.05, 0.1) is 0 Å². The van der Waals surface area contributed by atoms with Crippen molar-refractivity contribution >= 4 is 16.0 Å². The van der Waals surface area contributed by atoms with Crippen molar-refractivity contribution in [3.05, 3.63) is 35.4 Å². The first-order valence-corrected chi connectivity index (χ1v) is 5.46. The summed E-state index contributed by atoms with van der Waals surface area (Å²) < 4.78 is 32.6. The van der Waals surface area contributed by atoms with Gasteiger partial charge in [-0.05, 0) is 13.0 Å². The van der Waals surface area contributed by atoms with Crippen LogP contribution in [-0.4, -0.2) is 20.0 Å². The Kier molecular flexibility index (Phi) is 3.00. The van der Waals surface area contributed by atoms with Gasteiger partial charge >= 0.3 is 10.2 Å². The fraction of sp³-hybridized carbons (Fsp3) is 0.222. The molecule has 0 saturated carbocycles. The zero-order chi connectivity index (χ0) is 10.8. The van der Waals surface area contributed by atoms with Gasteiger partial charge in [-0.25, -0.2) is 0 Å². The van der Waals surface area contributed by atoms with Gasteiger partial charge in [-0.3, -0.25) is 4.79 Å². The van der Waals surface area contributed by atoms with E-state index in [1.54, 1.807) is 19.1 Å². The molecule has 0 N–H and O–H groups in total. The lowest BCUT2D eigenvalue weighted by atomic mass is 10.1. The molecule has 1 rings (SSSR count). The van der Waals surface area contributed by atoms with Crippen molar-refractivity contribution in [2.45, 2.75) is 6.92 Å². The van der Waals surface area contributed by atoms with E-state index < -0.39 is 21.8 Å². The summed E-state index contributed by atoms with van der Waals surface area (Å²) >= 11 is 0. The van der Waals surface area contributed by atoms with Crippen molar-refractivity contribution in [1.82, 2.24) is 0 Å². The van der Waals surface area contributed by atoms with Gasteiger partial charge < -0.3 is 0 Å². The highest BCUT2D eigenvalue weighted by Crippen LogP contribution is 2.06. The highest BCUT2D eigenvalue weighted by Gasteiger charge is 2.16. The van der Waals surface area contributed by atoms with E-state index >= 15 is 0 Å². The Balaban J connectivity index is 2.91. The number of aryl methyl sites for hydroxylation is 1. The fourth-order valence-corrected chi connectivity index (χ4v) is 1.54. The molecule has 3 nitrogen and oxygen atoms in total. The maximum absolute atomic E-state index is 12.2. The smallest absolute Gasteiger partial charge is 0.293 e. The number of ketones is 1. The van der Waals surface area contributed by atoms with E-state index in [0.717, 1.165) is 5.56 Å². The van der Waals surface area contributed by atoms with Crippen LogP contribution < -0.4 is 0 Å². The van der Waals surface area contributed by atoms with Gasteiger partial charge in [0, 0.05) is 5.56 Å². The highest BCUT2D eigenvalue weighted by molar-refractivity contribution is 7.87. The number of rotatable bonds is 3. The van der Waals surface area contributed by atoms with Crippen molar-refractivity contribution in [2.75, 3.05) is 5.75 Å². The van der Waals surface area contributed by atoms with Crippen molar-refractivity contribution in [2.24, 2.45) is 0 Å². The molecular formula is C9H9FO3S. The zero-order valence-corrected chi connectivity index (χ0v) is 8.34. The topological polar surface area (TPSA) is 51.2 Å². The van der Waals surface area contributed by atoms with Crippen LogP contribution in [-0.2, 0) is 10.2 Å².